The van der Waals surface area contributed by atoms with E-state index in [1.54, 1.807) is 27.7 Å². The lowest BCUT2D eigenvalue weighted by Gasteiger charge is -2.36. The standard InChI is InChI=1S/C29H41N3O4/c1-10-22-14-16-23(17-15-22)25(26(33)31-24-19(4)12-11-13-20(24)5)32(18(2)3)27(34)21(6)30-28(35)36-29(7,8)9/h11-18,21,25H,10H2,1-9H3,(H,30,35)(H,31,33). The van der Waals surface area contributed by atoms with Gasteiger partial charge in [-0.3, -0.25) is 9.59 Å². The van der Waals surface area contributed by atoms with Gasteiger partial charge in [0.05, 0.1) is 0 Å². The van der Waals surface area contributed by atoms with Gasteiger partial charge in [-0.1, -0.05) is 49.4 Å². The van der Waals surface area contributed by atoms with Crippen molar-refractivity contribution in [1.82, 2.24) is 10.2 Å². The lowest BCUT2D eigenvalue weighted by Crippen LogP contribution is -2.53. The fourth-order valence-electron chi connectivity index (χ4n) is 4.03. The molecule has 0 fully saturated rings. The van der Waals surface area contributed by atoms with E-state index in [9.17, 15) is 14.4 Å². The van der Waals surface area contributed by atoms with E-state index in [0.29, 0.717) is 5.56 Å². The number of hydrogen-bond acceptors (Lipinski definition) is 4. The highest BCUT2D eigenvalue weighted by molar-refractivity contribution is 5.99. The van der Waals surface area contributed by atoms with Crippen molar-refractivity contribution in [3.05, 3.63) is 64.7 Å². The molecule has 7 heteroatoms. The number of carbonyl (C=O) groups excluding carboxylic acids is 3. The maximum Gasteiger partial charge on any atom is 0.408 e. The van der Waals surface area contributed by atoms with Gasteiger partial charge in [0, 0.05) is 11.7 Å². The molecule has 0 aromatic heterocycles. The monoisotopic (exact) mass is 495 g/mol. The summed E-state index contributed by atoms with van der Waals surface area (Å²) < 4.78 is 5.32. The zero-order chi connectivity index (χ0) is 27.2. The number of anilines is 1. The molecular weight excluding hydrogens is 454 g/mol. The smallest absolute Gasteiger partial charge is 0.408 e. The van der Waals surface area contributed by atoms with Gasteiger partial charge in [-0.25, -0.2) is 4.79 Å². The Morgan fingerprint density at radius 2 is 1.50 bits per heavy atom. The quantitative estimate of drug-likeness (QED) is 0.492. The van der Waals surface area contributed by atoms with Crippen molar-refractivity contribution in [2.75, 3.05) is 5.32 Å². The van der Waals surface area contributed by atoms with Crippen molar-refractivity contribution in [3.63, 3.8) is 0 Å². The summed E-state index contributed by atoms with van der Waals surface area (Å²) in [6.45, 7) is 16.5. The Kier molecular flexibility index (Phi) is 9.68. The third-order valence-corrected chi connectivity index (χ3v) is 5.87. The van der Waals surface area contributed by atoms with Crippen molar-refractivity contribution < 1.29 is 19.1 Å². The summed E-state index contributed by atoms with van der Waals surface area (Å²) in [5.74, 6) is -0.694. The molecule has 3 amide bonds. The van der Waals surface area contributed by atoms with Crippen molar-refractivity contribution >= 4 is 23.6 Å². The molecule has 2 N–H and O–H groups in total. The molecule has 196 valence electrons. The molecule has 2 unspecified atom stereocenters. The van der Waals surface area contributed by atoms with Gasteiger partial charge in [0.2, 0.25) is 5.91 Å². The summed E-state index contributed by atoms with van der Waals surface area (Å²) in [6, 6.07) is 11.4. The van der Waals surface area contributed by atoms with Gasteiger partial charge < -0.3 is 20.3 Å². The van der Waals surface area contributed by atoms with Gasteiger partial charge in [0.1, 0.15) is 17.7 Å². The van der Waals surface area contributed by atoms with E-state index in [2.05, 4.69) is 17.6 Å². The average Bonchev–Trinajstić information content (AvgIpc) is 2.77. The van der Waals surface area contributed by atoms with Gasteiger partial charge in [-0.05, 0) is 84.1 Å². The molecule has 0 aliphatic heterocycles. The zero-order valence-corrected chi connectivity index (χ0v) is 23.1. The molecule has 0 saturated heterocycles. The van der Waals surface area contributed by atoms with E-state index in [1.165, 1.54) is 4.90 Å². The minimum atomic E-state index is -0.898. The minimum Gasteiger partial charge on any atom is -0.444 e. The first-order chi connectivity index (χ1) is 16.7. The van der Waals surface area contributed by atoms with E-state index in [1.807, 2.05) is 70.2 Å². The topological polar surface area (TPSA) is 87.7 Å². The summed E-state index contributed by atoms with van der Waals surface area (Å²) in [7, 11) is 0. The third kappa shape index (κ3) is 7.57. The Morgan fingerprint density at radius 1 is 0.944 bits per heavy atom. The van der Waals surface area contributed by atoms with Crippen LogP contribution < -0.4 is 10.6 Å². The van der Waals surface area contributed by atoms with E-state index < -0.39 is 23.8 Å². The molecule has 2 rings (SSSR count). The van der Waals surface area contributed by atoms with Gasteiger partial charge in [0.15, 0.2) is 0 Å². The van der Waals surface area contributed by atoms with Crippen molar-refractivity contribution in [2.24, 2.45) is 0 Å². The minimum absolute atomic E-state index is 0.317. The molecule has 0 saturated carbocycles. The largest absolute Gasteiger partial charge is 0.444 e. The number of aryl methyl sites for hydroxylation is 3. The number of rotatable bonds is 8. The molecule has 2 atom stereocenters. The van der Waals surface area contributed by atoms with Crippen LogP contribution in [0.15, 0.2) is 42.5 Å². The highest BCUT2D eigenvalue weighted by Crippen LogP contribution is 2.28. The zero-order valence-electron chi connectivity index (χ0n) is 23.1. The second-order valence-corrected chi connectivity index (χ2v) is 10.5. The van der Waals surface area contributed by atoms with Crippen LogP contribution in [-0.2, 0) is 20.7 Å². The van der Waals surface area contributed by atoms with Crippen LogP contribution in [0.2, 0.25) is 0 Å². The number of para-hydroxylation sites is 1. The molecule has 0 bridgehead atoms. The SMILES string of the molecule is CCc1ccc(C(C(=O)Nc2c(C)cccc2C)N(C(=O)C(C)NC(=O)OC(C)(C)C)C(C)C)cc1. The van der Waals surface area contributed by atoms with Gasteiger partial charge in [-0.15, -0.1) is 0 Å². The summed E-state index contributed by atoms with van der Waals surface area (Å²) in [5, 5.41) is 5.68. The predicted molar refractivity (Wildman–Crippen MR) is 144 cm³/mol. The molecule has 36 heavy (non-hydrogen) atoms. The summed E-state index contributed by atoms with van der Waals surface area (Å²) >= 11 is 0. The van der Waals surface area contributed by atoms with E-state index in [4.69, 9.17) is 4.74 Å². The lowest BCUT2D eigenvalue weighted by atomic mass is 9.99. The Morgan fingerprint density at radius 3 is 1.97 bits per heavy atom. The maximum absolute atomic E-state index is 13.8. The van der Waals surface area contributed by atoms with Crippen LogP contribution in [0.3, 0.4) is 0 Å². The highest BCUT2D eigenvalue weighted by atomic mass is 16.6. The molecule has 7 nitrogen and oxygen atoms in total. The number of hydrogen-bond donors (Lipinski definition) is 2. The summed E-state index contributed by atoms with van der Waals surface area (Å²) in [4.78, 5) is 41.4. The molecule has 2 aromatic rings. The van der Waals surface area contributed by atoms with Crippen LogP contribution in [0.25, 0.3) is 0 Å². The van der Waals surface area contributed by atoms with Gasteiger partial charge >= 0.3 is 6.09 Å². The Balaban J connectivity index is 2.46. The van der Waals surface area contributed by atoms with Crippen LogP contribution in [0.1, 0.15) is 76.8 Å². The normalized spacial score (nSPS) is 13.1. The Labute approximate surface area is 215 Å². The number of nitrogens with one attached hydrogen (secondary N) is 2. The number of amides is 3. The van der Waals surface area contributed by atoms with Gasteiger partial charge in [-0.2, -0.15) is 0 Å². The molecule has 0 aliphatic rings. The molecule has 0 spiro atoms. The molecule has 2 aromatic carbocycles. The second-order valence-electron chi connectivity index (χ2n) is 10.5. The van der Waals surface area contributed by atoms with Crippen molar-refractivity contribution in [2.45, 2.75) is 92.5 Å². The predicted octanol–water partition coefficient (Wildman–Crippen LogP) is 5.70. The van der Waals surface area contributed by atoms with E-state index in [-0.39, 0.29) is 17.9 Å². The van der Waals surface area contributed by atoms with Crippen molar-refractivity contribution in [1.29, 1.82) is 0 Å². The Bertz CT molecular complexity index is 1050. The van der Waals surface area contributed by atoms with Crippen LogP contribution in [0.5, 0.6) is 0 Å². The maximum atomic E-state index is 13.8. The first-order valence-electron chi connectivity index (χ1n) is 12.5. The van der Waals surface area contributed by atoms with Crippen LogP contribution in [0.4, 0.5) is 10.5 Å². The van der Waals surface area contributed by atoms with E-state index in [0.717, 1.165) is 28.8 Å². The highest BCUT2D eigenvalue weighted by Gasteiger charge is 2.36. The average molecular weight is 496 g/mol. The fraction of sp³-hybridized carbons (Fsp3) is 0.483. The molecular formula is C29H41N3O4. The van der Waals surface area contributed by atoms with Crippen LogP contribution in [0, 0.1) is 13.8 Å². The van der Waals surface area contributed by atoms with Crippen molar-refractivity contribution in [3.8, 4) is 0 Å². The first kappa shape index (κ1) is 28.9. The number of ether oxygens (including phenoxy) is 1. The summed E-state index contributed by atoms with van der Waals surface area (Å²) in [5.41, 5.74) is 3.74. The number of nitrogens with zero attached hydrogens (tertiary/aromatic N) is 1. The van der Waals surface area contributed by atoms with E-state index >= 15 is 0 Å². The molecule has 0 aliphatic carbocycles. The van der Waals surface area contributed by atoms with Crippen LogP contribution in [-0.4, -0.2) is 40.5 Å². The fourth-order valence-corrected chi connectivity index (χ4v) is 4.03. The number of carbonyl (C=O) groups is 3. The second kappa shape index (κ2) is 12.1. The Hall–Kier alpha value is -3.35. The van der Waals surface area contributed by atoms with Crippen LogP contribution >= 0.6 is 0 Å². The first-order valence-corrected chi connectivity index (χ1v) is 12.5. The number of benzene rings is 2. The van der Waals surface area contributed by atoms with Gasteiger partial charge in [0.25, 0.3) is 5.91 Å². The lowest BCUT2D eigenvalue weighted by molar-refractivity contribution is -0.142. The molecule has 0 radical (unpaired) electrons. The third-order valence-electron chi connectivity index (χ3n) is 5.87. The molecule has 0 heterocycles. The summed E-state index contributed by atoms with van der Waals surface area (Å²) in [6.07, 6.45) is 0.180. The number of alkyl carbamates (subject to hydrolysis) is 1.